The number of aromatic nitrogens is 4. The van der Waals surface area contributed by atoms with E-state index in [1.165, 1.54) is 0 Å². The van der Waals surface area contributed by atoms with Gasteiger partial charge in [-0.3, -0.25) is 0 Å². The summed E-state index contributed by atoms with van der Waals surface area (Å²) in [7, 11) is 0. The largest absolute Gasteiger partial charge is 0.478 e. The lowest BCUT2D eigenvalue weighted by Crippen LogP contribution is -2.09. The van der Waals surface area contributed by atoms with Crippen LogP contribution in [0.2, 0.25) is 0 Å². The van der Waals surface area contributed by atoms with E-state index in [2.05, 4.69) is 17.0 Å². The van der Waals surface area contributed by atoms with Gasteiger partial charge in [-0.15, -0.1) is 0 Å². The molecule has 6 heteroatoms. The van der Waals surface area contributed by atoms with Gasteiger partial charge in [0.15, 0.2) is 0 Å². The summed E-state index contributed by atoms with van der Waals surface area (Å²) in [6.45, 7) is 3.50. The fraction of sp³-hybridized carbons (Fsp3) is 0.267. The number of hydrogen-bond donors (Lipinski definition) is 1. The average Bonchev–Trinajstić information content (AvgIpc) is 3.07. The third-order valence-corrected chi connectivity index (χ3v) is 3.49. The molecule has 0 radical (unpaired) electrons. The van der Waals surface area contributed by atoms with E-state index in [0.29, 0.717) is 12.1 Å². The molecule has 108 valence electrons. The summed E-state index contributed by atoms with van der Waals surface area (Å²) >= 11 is 0. The fourth-order valence-corrected chi connectivity index (χ4v) is 2.51. The van der Waals surface area contributed by atoms with Crippen LogP contribution in [-0.2, 0) is 13.1 Å². The third-order valence-electron chi connectivity index (χ3n) is 3.49. The summed E-state index contributed by atoms with van der Waals surface area (Å²) in [4.78, 5) is 15.5. The minimum atomic E-state index is -0.910. The second-order valence-electron chi connectivity index (χ2n) is 4.89. The molecular formula is C15H16N4O2. The topological polar surface area (TPSA) is 72.9 Å². The maximum atomic E-state index is 11.2. The van der Waals surface area contributed by atoms with Gasteiger partial charge in [0.25, 0.3) is 0 Å². The number of carboxylic acid groups (broad SMARTS) is 1. The Kier molecular flexibility index (Phi) is 3.43. The first-order valence-corrected chi connectivity index (χ1v) is 6.88. The molecule has 0 fully saturated rings. The molecule has 0 aliphatic rings. The molecule has 21 heavy (non-hydrogen) atoms. The highest BCUT2D eigenvalue weighted by Gasteiger charge is 2.12. The Bertz CT molecular complexity index is 788. The Hall–Kier alpha value is -2.63. The second kappa shape index (κ2) is 5.40. The van der Waals surface area contributed by atoms with Gasteiger partial charge in [-0.25, -0.2) is 14.5 Å². The van der Waals surface area contributed by atoms with Crippen molar-refractivity contribution < 1.29 is 9.90 Å². The van der Waals surface area contributed by atoms with Crippen LogP contribution in [0.4, 0.5) is 0 Å². The van der Waals surface area contributed by atoms with Crippen LogP contribution in [0.25, 0.3) is 10.9 Å². The van der Waals surface area contributed by atoms with Crippen molar-refractivity contribution in [2.75, 3.05) is 0 Å². The number of rotatable bonds is 5. The summed E-state index contributed by atoms with van der Waals surface area (Å²) in [5.74, 6) is -0.0393. The minimum absolute atomic E-state index is 0.321. The van der Waals surface area contributed by atoms with E-state index < -0.39 is 5.97 Å². The van der Waals surface area contributed by atoms with Crippen molar-refractivity contribution in [3.8, 4) is 0 Å². The molecule has 0 saturated carbocycles. The summed E-state index contributed by atoms with van der Waals surface area (Å²) < 4.78 is 3.88. The molecule has 1 N–H and O–H groups in total. The predicted molar refractivity (Wildman–Crippen MR) is 78.3 cm³/mol. The van der Waals surface area contributed by atoms with Gasteiger partial charge in [-0.1, -0.05) is 13.0 Å². The van der Waals surface area contributed by atoms with Gasteiger partial charge < -0.3 is 9.67 Å². The molecule has 2 aromatic heterocycles. The van der Waals surface area contributed by atoms with E-state index in [1.54, 1.807) is 18.5 Å². The lowest BCUT2D eigenvalue weighted by molar-refractivity contribution is 0.0699. The molecule has 0 saturated heterocycles. The fourth-order valence-electron chi connectivity index (χ4n) is 2.51. The molecular weight excluding hydrogens is 268 g/mol. The summed E-state index contributed by atoms with van der Waals surface area (Å²) in [6.07, 6.45) is 4.44. The Morgan fingerprint density at radius 2 is 2.19 bits per heavy atom. The SMILES string of the molecule is CCCn1ncnc1Cn1ccc2c(C(=O)O)cccc21. The third kappa shape index (κ3) is 2.40. The second-order valence-corrected chi connectivity index (χ2v) is 4.89. The van der Waals surface area contributed by atoms with Crippen LogP contribution in [0.15, 0.2) is 36.8 Å². The summed E-state index contributed by atoms with van der Waals surface area (Å²) in [5, 5.41) is 14.2. The van der Waals surface area contributed by atoms with Crippen LogP contribution >= 0.6 is 0 Å². The van der Waals surface area contributed by atoms with E-state index in [9.17, 15) is 9.90 Å². The maximum absolute atomic E-state index is 11.2. The zero-order chi connectivity index (χ0) is 14.8. The molecule has 0 aliphatic carbocycles. The van der Waals surface area contributed by atoms with Crippen LogP contribution in [0, 0.1) is 0 Å². The highest BCUT2D eigenvalue weighted by molar-refractivity contribution is 6.02. The maximum Gasteiger partial charge on any atom is 0.336 e. The molecule has 2 heterocycles. The Balaban J connectivity index is 2.00. The van der Waals surface area contributed by atoms with Gasteiger partial charge in [0.2, 0.25) is 0 Å². The van der Waals surface area contributed by atoms with Crippen molar-refractivity contribution >= 4 is 16.9 Å². The number of carbonyl (C=O) groups is 1. The van der Waals surface area contributed by atoms with E-state index >= 15 is 0 Å². The molecule has 0 spiro atoms. The molecule has 0 unspecified atom stereocenters. The van der Waals surface area contributed by atoms with Crippen molar-refractivity contribution in [2.24, 2.45) is 0 Å². The number of aryl methyl sites for hydroxylation is 1. The number of nitrogens with zero attached hydrogens (tertiary/aromatic N) is 4. The first kappa shape index (κ1) is 13.4. The van der Waals surface area contributed by atoms with Crippen molar-refractivity contribution in [1.29, 1.82) is 0 Å². The monoisotopic (exact) mass is 284 g/mol. The standard InChI is InChI=1S/C15H16N4O2/c1-2-7-19-14(16-10-17-19)9-18-8-6-11-12(15(20)21)4-3-5-13(11)18/h3-6,8,10H,2,7,9H2,1H3,(H,20,21). The van der Waals surface area contributed by atoms with Crippen LogP contribution < -0.4 is 0 Å². The molecule has 0 bridgehead atoms. The Labute approximate surface area is 121 Å². The van der Waals surface area contributed by atoms with Gasteiger partial charge in [0, 0.05) is 23.6 Å². The van der Waals surface area contributed by atoms with Crippen molar-refractivity contribution in [2.45, 2.75) is 26.4 Å². The Morgan fingerprint density at radius 3 is 2.95 bits per heavy atom. The minimum Gasteiger partial charge on any atom is -0.478 e. The van der Waals surface area contributed by atoms with Crippen molar-refractivity contribution in [3.63, 3.8) is 0 Å². The highest BCUT2D eigenvalue weighted by Crippen LogP contribution is 2.21. The number of carboxylic acids is 1. The van der Waals surface area contributed by atoms with Crippen molar-refractivity contribution in [3.05, 3.63) is 48.2 Å². The lowest BCUT2D eigenvalue weighted by Gasteiger charge is -2.07. The summed E-state index contributed by atoms with van der Waals surface area (Å²) in [5.41, 5.74) is 1.21. The molecule has 6 nitrogen and oxygen atoms in total. The molecule has 3 rings (SSSR count). The van der Waals surface area contributed by atoms with E-state index in [1.807, 2.05) is 27.6 Å². The molecule has 0 amide bonds. The number of aromatic carboxylic acids is 1. The van der Waals surface area contributed by atoms with E-state index in [4.69, 9.17) is 0 Å². The quantitative estimate of drug-likeness (QED) is 0.780. The zero-order valence-corrected chi connectivity index (χ0v) is 11.7. The van der Waals surface area contributed by atoms with Gasteiger partial charge in [0.05, 0.1) is 12.1 Å². The number of fused-ring (bicyclic) bond motifs is 1. The first-order chi connectivity index (χ1) is 10.2. The molecule has 0 atom stereocenters. The summed E-state index contributed by atoms with van der Waals surface area (Å²) in [6, 6.07) is 7.13. The van der Waals surface area contributed by atoms with Crippen LogP contribution in [-0.4, -0.2) is 30.4 Å². The van der Waals surface area contributed by atoms with Gasteiger partial charge >= 0.3 is 5.97 Å². The lowest BCUT2D eigenvalue weighted by atomic mass is 10.1. The molecule has 1 aromatic carbocycles. The molecule has 0 aliphatic heterocycles. The molecule has 3 aromatic rings. The smallest absolute Gasteiger partial charge is 0.336 e. The first-order valence-electron chi connectivity index (χ1n) is 6.88. The van der Waals surface area contributed by atoms with Gasteiger partial charge in [-0.05, 0) is 24.6 Å². The van der Waals surface area contributed by atoms with E-state index in [-0.39, 0.29) is 0 Å². The number of hydrogen-bond acceptors (Lipinski definition) is 3. The number of benzene rings is 1. The Morgan fingerprint density at radius 1 is 1.33 bits per heavy atom. The normalized spacial score (nSPS) is 11.1. The van der Waals surface area contributed by atoms with Gasteiger partial charge in [0.1, 0.15) is 12.2 Å². The van der Waals surface area contributed by atoms with Crippen molar-refractivity contribution in [1.82, 2.24) is 19.3 Å². The average molecular weight is 284 g/mol. The van der Waals surface area contributed by atoms with Crippen LogP contribution in [0.5, 0.6) is 0 Å². The van der Waals surface area contributed by atoms with Crippen LogP contribution in [0.3, 0.4) is 0 Å². The zero-order valence-electron chi connectivity index (χ0n) is 11.7. The predicted octanol–water partition coefficient (Wildman–Crippen LogP) is 2.39. The van der Waals surface area contributed by atoms with Gasteiger partial charge in [-0.2, -0.15) is 5.10 Å². The highest BCUT2D eigenvalue weighted by atomic mass is 16.4. The van der Waals surface area contributed by atoms with Crippen LogP contribution in [0.1, 0.15) is 29.5 Å². The van der Waals surface area contributed by atoms with E-state index in [0.717, 1.165) is 29.7 Å².